The monoisotopic (exact) mass is 322 g/mol. The molecule has 0 radical (unpaired) electrons. The van der Waals surface area contributed by atoms with Gasteiger partial charge in [0.05, 0.1) is 17.2 Å². The van der Waals surface area contributed by atoms with E-state index in [9.17, 15) is 0 Å². The van der Waals surface area contributed by atoms with Gasteiger partial charge in [0.1, 0.15) is 12.0 Å². The molecule has 0 saturated carbocycles. The largest absolute Gasteiger partial charge is 0.386 e. The summed E-state index contributed by atoms with van der Waals surface area (Å²) in [5.74, 6) is 1.37. The number of hydrogen-bond donors (Lipinski definition) is 3. The third-order valence-corrected chi connectivity index (χ3v) is 4.05. The Morgan fingerprint density at radius 2 is 1.96 bits per heavy atom. The highest BCUT2D eigenvalue weighted by Crippen LogP contribution is 2.29. The molecule has 2 aromatic rings. The Kier molecular flexibility index (Phi) is 4.37. The van der Waals surface area contributed by atoms with E-state index in [4.69, 9.17) is 10.8 Å². The summed E-state index contributed by atoms with van der Waals surface area (Å²) in [5, 5.41) is 13.0. The van der Waals surface area contributed by atoms with Gasteiger partial charge >= 0.3 is 0 Å². The summed E-state index contributed by atoms with van der Waals surface area (Å²) < 4.78 is 0. The van der Waals surface area contributed by atoms with E-state index >= 15 is 0 Å². The molecule has 0 aliphatic carbocycles. The molecule has 0 saturated heterocycles. The van der Waals surface area contributed by atoms with Gasteiger partial charge in [-0.05, 0) is 24.3 Å². The summed E-state index contributed by atoms with van der Waals surface area (Å²) in [6, 6.07) is 14.0. The fraction of sp³-hybridized carbons (Fsp3) is 0.222. The molecule has 0 spiro atoms. The summed E-state index contributed by atoms with van der Waals surface area (Å²) in [4.78, 5) is 4.39. The van der Waals surface area contributed by atoms with Gasteiger partial charge < -0.3 is 16.4 Å². The Balaban J connectivity index is 1.97. The van der Waals surface area contributed by atoms with Crippen LogP contribution in [-0.4, -0.2) is 23.9 Å². The maximum absolute atomic E-state index is 5.79. The highest BCUT2D eigenvalue weighted by molar-refractivity contribution is 6.04. The number of anilines is 2. The van der Waals surface area contributed by atoms with Gasteiger partial charge in [-0.2, -0.15) is 5.10 Å². The average Bonchev–Trinajstić information content (AvgIpc) is 2.92. The van der Waals surface area contributed by atoms with Crippen LogP contribution in [0.25, 0.3) is 0 Å². The Bertz CT molecular complexity index is 738. The molecule has 124 valence electrons. The van der Waals surface area contributed by atoms with Crippen molar-refractivity contribution in [3.8, 4) is 0 Å². The van der Waals surface area contributed by atoms with Crippen LogP contribution in [0.2, 0.25) is 0 Å². The maximum atomic E-state index is 5.79. The molecule has 1 aliphatic heterocycles. The second kappa shape index (κ2) is 6.62. The lowest BCUT2D eigenvalue weighted by molar-refractivity contribution is 0.494. The fourth-order valence-electron chi connectivity index (χ4n) is 2.82. The van der Waals surface area contributed by atoms with Crippen LogP contribution in [-0.2, 0) is 0 Å². The van der Waals surface area contributed by atoms with Crippen LogP contribution >= 0.6 is 0 Å². The van der Waals surface area contributed by atoms with Crippen molar-refractivity contribution in [3.63, 3.8) is 0 Å². The van der Waals surface area contributed by atoms with Crippen LogP contribution in [0.3, 0.4) is 0 Å². The van der Waals surface area contributed by atoms with E-state index < -0.39 is 0 Å². The maximum Gasteiger partial charge on any atom is 0.130 e. The summed E-state index contributed by atoms with van der Waals surface area (Å²) in [6.45, 7) is 5.89. The Hall–Kier alpha value is -3.02. The first kappa shape index (κ1) is 15.9. The molecule has 24 heavy (non-hydrogen) atoms. The SMILES string of the molecule is C=C(N)NC1C(C)C(c2ccc(NC)nc2)=NN1c1ccccc1. The van der Waals surface area contributed by atoms with Crippen LogP contribution < -0.4 is 21.4 Å². The molecule has 0 bridgehead atoms. The molecule has 1 aromatic heterocycles. The molecular weight excluding hydrogens is 300 g/mol. The van der Waals surface area contributed by atoms with Crippen LogP contribution in [0.5, 0.6) is 0 Å². The second-order valence-corrected chi connectivity index (χ2v) is 5.75. The predicted molar refractivity (Wildman–Crippen MR) is 98.7 cm³/mol. The zero-order valence-electron chi connectivity index (χ0n) is 13.9. The minimum absolute atomic E-state index is 0.0936. The normalized spacial score (nSPS) is 19.8. The van der Waals surface area contributed by atoms with E-state index in [1.54, 1.807) is 0 Å². The fourth-order valence-corrected chi connectivity index (χ4v) is 2.82. The molecule has 6 heteroatoms. The zero-order chi connectivity index (χ0) is 17.1. The molecular formula is C18H22N6. The van der Waals surface area contributed by atoms with Crippen molar-refractivity contribution in [1.82, 2.24) is 10.3 Å². The van der Waals surface area contributed by atoms with Crippen molar-refractivity contribution in [2.24, 2.45) is 16.8 Å². The van der Waals surface area contributed by atoms with Crippen molar-refractivity contribution in [2.75, 3.05) is 17.4 Å². The van der Waals surface area contributed by atoms with Crippen molar-refractivity contribution >= 4 is 17.2 Å². The molecule has 2 heterocycles. The molecule has 3 rings (SSSR count). The average molecular weight is 322 g/mol. The lowest BCUT2D eigenvalue weighted by Crippen LogP contribution is -2.45. The number of nitrogens with one attached hydrogen (secondary N) is 2. The number of para-hydroxylation sites is 1. The first-order valence-electron chi connectivity index (χ1n) is 7.88. The van der Waals surface area contributed by atoms with Crippen molar-refractivity contribution < 1.29 is 0 Å². The number of hydrogen-bond acceptors (Lipinski definition) is 6. The molecule has 2 atom stereocenters. The van der Waals surface area contributed by atoms with Gasteiger partial charge in [0, 0.05) is 24.7 Å². The Labute approximate surface area is 142 Å². The topological polar surface area (TPSA) is 78.6 Å². The molecule has 0 amide bonds. The number of aromatic nitrogens is 1. The van der Waals surface area contributed by atoms with E-state index in [1.165, 1.54) is 0 Å². The molecule has 2 unspecified atom stereocenters. The first-order valence-corrected chi connectivity index (χ1v) is 7.88. The summed E-state index contributed by atoms with van der Waals surface area (Å²) in [6.07, 6.45) is 1.74. The minimum atomic E-state index is -0.0936. The van der Waals surface area contributed by atoms with Gasteiger partial charge in [0.25, 0.3) is 0 Å². The van der Waals surface area contributed by atoms with Crippen molar-refractivity contribution in [3.05, 3.63) is 66.6 Å². The third kappa shape index (κ3) is 3.03. The molecule has 0 fully saturated rings. The highest BCUT2D eigenvalue weighted by atomic mass is 15.5. The Morgan fingerprint density at radius 3 is 2.54 bits per heavy atom. The number of hydrazone groups is 1. The minimum Gasteiger partial charge on any atom is -0.386 e. The number of nitrogens with two attached hydrogens (primary N) is 1. The van der Waals surface area contributed by atoms with E-state index in [1.807, 2.05) is 60.7 Å². The molecule has 1 aliphatic rings. The summed E-state index contributed by atoms with van der Waals surface area (Å²) in [7, 11) is 1.85. The van der Waals surface area contributed by atoms with Gasteiger partial charge in [0.15, 0.2) is 0 Å². The first-order chi connectivity index (χ1) is 11.6. The quantitative estimate of drug-likeness (QED) is 0.787. The zero-order valence-corrected chi connectivity index (χ0v) is 13.9. The molecule has 6 nitrogen and oxygen atoms in total. The van der Waals surface area contributed by atoms with Crippen LogP contribution in [0.15, 0.2) is 66.2 Å². The molecule has 1 aromatic carbocycles. The van der Waals surface area contributed by atoms with E-state index in [2.05, 4.69) is 29.1 Å². The van der Waals surface area contributed by atoms with Gasteiger partial charge in [-0.1, -0.05) is 31.7 Å². The second-order valence-electron chi connectivity index (χ2n) is 5.75. The Morgan fingerprint density at radius 1 is 1.21 bits per heavy atom. The lowest BCUT2D eigenvalue weighted by Gasteiger charge is -2.28. The van der Waals surface area contributed by atoms with Crippen LogP contribution in [0.1, 0.15) is 12.5 Å². The lowest BCUT2D eigenvalue weighted by atomic mass is 9.97. The van der Waals surface area contributed by atoms with E-state index in [0.29, 0.717) is 5.82 Å². The summed E-state index contributed by atoms with van der Waals surface area (Å²) in [5.41, 5.74) is 8.75. The van der Waals surface area contributed by atoms with Gasteiger partial charge in [-0.25, -0.2) is 9.99 Å². The number of benzene rings is 1. The number of rotatable bonds is 5. The van der Waals surface area contributed by atoms with Crippen molar-refractivity contribution in [1.29, 1.82) is 0 Å². The van der Waals surface area contributed by atoms with E-state index in [-0.39, 0.29) is 12.1 Å². The highest BCUT2D eigenvalue weighted by Gasteiger charge is 2.35. The van der Waals surface area contributed by atoms with Gasteiger partial charge in [-0.15, -0.1) is 0 Å². The van der Waals surface area contributed by atoms with Gasteiger partial charge in [0.2, 0.25) is 0 Å². The molecule has 4 N–H and O–H groups in total. The van der Waals surface area contributed by atoms with Gasteiger partial charge in [-0.3, -0.25) is 0 Å². The smallest absolute Gasteiger partial charge is 0.130 e. The van der Waals surface area contributed by atoms with Crippen LogP contribution in [0, 0.1) is 5.92 Å². The third-order valence-electron chi connectivity index (χ3n) is 4.05. The van der Waals surface area contributed by atoms with Crippen molar-refractivity contribution in [2.45, 2.75) is 13.1 Å². The van der Waals surface area contributed by atoms with E-state index in [0.717, 1.165) is 22.8 Å². The predicted octanol–water partition coefficient (Wildman–Crippen LogP) is 2.33. The number of nitrogens with zero attached hydrogens (tertiary/aromatic N) is 3. The number of pyridine rings is 1. The summed E-state index contributed by atoms with van der Waals surface area (Å²) >= 11 is 0. The standard InChI is InChI=1S/C18H22N6/c1-12-17(14-9-10-16(20-3)21-11-14)23-24(18(12)22-13(2)19)15-7-5-4-6-8-15/h4-12,18,22H,2,19H2,1,3H3,(H,20,21). The van der Waals surface area contributed by atoms with Crippen LogP contribution in [0.4, 0.5) is 11.5 Å².